The minimum absolute atomic E-state index is 0.0434. The maximum atomic E-state index is 12.7. The van der Waals surface area contributed by atoms with Gasteiger partial charge in [-0.15, -0.1) is 0 Å². The Labute approximate surface area is 187 Å². The van der Waals surface area contributed by atoms with Crippen molar-refractivity contribution in [3.05, 3.63) is 95.1 Å². The molecule has 0 N–H and O–H groups in total. The van der Waals surface area contributed by atoms with E-state index in [0.717, 1.165) is 39.6 Å². The van der Waals surface area contributed by atoms with E-state index < -0.39 is 0 Å². The molecule has 4 aromatic rings. The zero-order chi connectivity index (χ0) is 22.5. The molecule has 2 aromatic carbocycles. The summed E-state index contributed by atoms with van der Waals surface area (Å²) in [6, 6.07) is 17.5. The number of para-hydroxylation sites is 1. The molecule has 2 aromatic heterocycles. The Kier molecular flexibility index (Phi) is 6.35. The molecule has 0 unspecified atom stereocenters. The Bertz CT molecular complexity index is 1160. The fraction of sp³-hybridized carbons (Fsp3) is 0.240. The van der Waals surface area contributed by atoms with Crippen molar-refractivity contribution < 1.29 is 14.1 Å². The highest BCUT2D eigenvalue weighted by Crippen LogP contribution is 2.18. The van der Waals surface area contributed by atoms with Gasteiger partial charge in [0.05, 0.1) is 29.6 Å². The molecule has 0 bridgehead atoms. The van der Waals surface area contributed by atoms with Gasteiger partial charge in [-0.05, 0) is 43.7 Å². The van der Waals surface area contributed by atoms with E-state index in [4.69, 9.17) is 9.26 Å². The molecule has 164 valence electrons. The van der Waals surface area contributed by atoms with Gasteiger partial charge in [-0.3, -0.25) is 4.79 Å². The summed E-state index contributed by atoms with van der Waals surface area (Å²) >= 11 is 0. The van der Waals surface area contributed by atoms with Crippen LogP contribution in [0.3, 0.4) is 0 Å². The number of amides is 1. The molecule has 0 spiro atoms. The van der Waals surface area contributed by atoms with Gasteiger partial charge in [0.2, 0.25) is 5.91 Å². The van der Waals surface area contributed by atoms with Crippen LogP contribution in [0.4, 0.5) is 0 Å². The molecule has 2 heterocycles. The summed E-state index contributed by atoms with van der Waals surface area (Å²) < 4.78 is 12.8. The molecule has 0 saturated heterocycles. The van der Waals surface area contributed by atoms with Gasteiger partial charge in [0.1, 0.15) is 18.1 Å². The summed E-state index contributed by atoms with van der Waals surface area (Å²) in [6.45, 7) is 4.67. The molecule has 0 aliphatic carbocycles. The monoisotopic (exact) mass is 430 g/mol. The van der Waals surface area contributed by atoms with E-state index >= 15 is 0 Å². The van der Waals surface area contributed by atoms with E-state index in [2.05, 4.69) is 10.3 Å². The molecule has 4 rings (SSSR count). The van der Waals surface area contributed by atoms with Crippen LogP contribution in [-0.4, -0.2) is 32.8 Å². The van der Waals surface area contributed by atoms with E-state index in [-0.39, 0.29) is 5.91 Å². The predicted octanol–water partition coefficient (Wildman–Crippen LogP) is 4.26. The quantitative estimate of drug-likeness (QED) is 0.418. The Morgan fingerprint density at radius 1 is 1.06 bits per heavy atom. The van der Waals surface area contributed by atoms with E-state index in [9.17, 15) is 4.79 Å². The largest absolute Gasteiger partial charge is 0.489 e. The second-order valence-electron chi connectivity index (χ2n) is 7.79. The van der Waals surface area contributed by atoms with Crippen LogP contribution in [0.25, 0.3) is 5.69 Å². The molecule has 1 amide bonds. The Morgan fingerprint density at radius 3 is 2.50 bits per heavy atom. The fourth-order valence-corrected chi connectivity index (χ4v) is 3.40. The Morgan fingerprint density at radius 2 is 1.81 bits per heavy atom. The molecule has 7 nitrogen and oxygen atoms in total. The van der Waals surface area contributed by atoms with E-state index in [1.165, 1.54) is 0 Å². The van der Waals surface area contributed by atoms with Gasteiger partial charge in [0.25, 0.3) is 0 Å². The summed E-state index contributed by atoms with van der Waals surface area (Å²) in [5, 5.41) is 8.33. The average molecular weight is 431 g/mol. The first-order valence-corrected chi connectivity index (χ1v) is 10.5. The first-order valence-electron chi connectivity index (χ1n) is 10.5. The molecule has 0 fully saturated rings. The van der Waals surface area contributed by atoms with Crippen LogP contribution in [0.15, 0.2) is 71.5 Å². The van der Waals surface area contributed by atoms with Crippen molar-refractivity contribution in [1.82, 2.24) is 19.8 Å². The molecule has 0 saturated carbocycles. The molecule has 0 aliphatic rings. The van der Waals surface area contributed by atoms with Crippen LogP contribution in [0.1, 0.15) is 28.1 Å². The lowest BCUT2D eigenvalue weighted by Gasteiger charge is -2.16. The number of ether oxygens (including phenoxy) is 1. The molecule has 0 aliphatic heterocycles. The summed E-state index contributed by atoms with van der Waals surface area (Å²) in [5.74, 6) is 1.55. The van der Waals surface area contributed by atoms with Crippen LogP contribution >= 0.6 is 0 Å². The Balaban J connectivity index is 1.30. The fourth-order valence-electron chi connectivity index (χ4n) is 3.40. The van der Waals surface area contributed by atoms with Gasteiger partial charge >= 0.3 is 0 Å². The van der Waals surface area contributed by atoms with Crippen molar-refractivity contribution in [2.45, 2.75) is 33.4 Å². The van der Waals surface area contributed by atoms with Gasteiger partial charge < -0.3 is 14.2 Å². The standard InChI is InChI=1S/C25H26N4O3/c1-18-24(19(2)32-27-18)17-31-23-11-9-20(10-12-23)13-25(30)28(3)15-21-14-26-29(16-21)22-7-5-4-6-8-22/h4-12,14,16H,13,15,17H2,1-3H3. The van der Waals surface area contributed by atoms with Crippen molar-refractivity contribution in [2.75, 3.05) is 7.05 Å². The second-order valence-corrected chi connectivity index (χ2v) is 7.79. The van der Waals surface area contributed by atoms with Crippen molar-refractivity contribution in [2.24, 2.45) is 0 Å². The third-order valence-corrected chi connectivity index (χ3v) is 5.35. The lowest BCUT2D eigenvalue weighted by atomic mass is 10.1. The van der Waals surface area contributed by atoms with Crippen molar-refractivity contribution >= 4 is 5.91 Å². The predicted molar refractivity (Wildman–Crippen MR) is 120 cm³/mol. The lowest BCUT2D eigenvalue weighted by Crippen LogP contribution is -2.27. The SMILES string of the molecule is Cc1noc(C)c1COc1ccc(CC(=O)N(C)Cc2cnn(-c3ccccc3)c2)cc1. The highest BCUT2D eigenvalue weighted by atomic mass is 16.5. The van der Waals surface area contributed by atoms with Crippen LogP contribution in [0.2, 0.25) is 0 Å². The van der Waals surface area contributed by atoms with Gasteiger partial charge in [0, 0.05) is 25.4 Å². The topological polar surface area (TPSA) is 73.4 Å². The molecular formula is C25H26N4O3. The third-order valence-electron chi connectivity index (χ3n) is 5.35. The zero-order valence-electron chi connectivity index (χ0n) is 18.5. The van der Waals surface area contributed by atoms with Crippen molar-refractivity contribution in [3.63, 3.8) is 0 Å². The van der Waals surface area contributed by atoms with Crippen LogP contribution in [0, 0.1) is 13.8 Å². The van der Waals surface area contributed by atoms with E-state index in [1.807, 2.05) is 86.4 Å². The number of carbonyl (C=O) groups excluding carboxylic acids is 1. The molecular weight excluding hydrogens is 404 g/mol. The number of aryl methyl sites for hydroxylation is 2. The second kappa shape index (κ2) is 9.51. The smallest absolute Gasteiger partial charge is 0.227 e. The van der Waals surface area contributed by atoms with E-state index in [0.29, 0.717) is 19.6 Å². The normalized spacial score (nSPS) is 10.8. The van der Waals surface area contributed by atoms with Gasteiger partial charge in [0.15, 0.2) is 0 Å². The van der Waals surface area contributed by atoms with Crippen LogP contribution in [-0.2, 0) is 24.4 Å². The van der Waals surface area contributed by atoms with Crippen molar-refractivity contribution in [3.8, 4) is 11.4 Å². The van der Waals surface area contributed by atoms with Crippen LogP contribution in [0.5, 0.6) is 5.75 Å². The first kappa shape index (κ1) is 21.4. The molecule has 32 heavy (non-hydrogen) atoms. The number of nitrogens with zero attached hydrogens (tertiary/aromatic N) is 4. The van der Waals surface area contributed by atoms with Gasteiger partial charge in [-0.2, -0.15) is 5.10 Å². The minimum atomic E-state index is 0.0434. The number of benzene rings is 2. The summed E-state index contributed by atoms with van der Waals surface area (Å²) in [7, 11) is 1.81. The van der Waals surface area contributed by atoms with Crippen LogP contribution < -0.4 is 4.74 Å². The number of likely N-dealkylation sites (N-methyl/N-ethyl adjacent to an activating group) is 1. The zero-order valence-corrected chi connectivity index (χ0v) is 18.5. The number of rotatable bonds is 8. The number of hydrogen-bond donors (Lipinski definition) is 0. The van der Waals surface area contributed by atoms with Gasteiger partial charge in [-0.1, -0.05) is 35.5 Å². The summed E-state index contributed by atoms with van der Waals surface area (Å²) in [5.41, 5.74) is 4.70. The maximum Gasteiger partial charge on any atom is 0.227 e. The highest BCUT2D eigenvalue weighted by molar-refractivity contribution is 5.78. The lowest BCUT2D eigenvalue weighted by molar-refractivity contribution is -0.129. The molecule has 7 heteroatoms. The summed E-state index contributed by atoms with van der Waals surface area (Å²) in [6.07, 6.45) is 4.07. The third kappa shape index (κ3) is 5.06. The maximum absolute atomic E-state index is 12.7. The first-order chi connectivity index (χ1) is 15.5. The average Bonchev–Trinajstić information content (AvgIpc) is 3.40. The Hall–Kier alpha value is -3.87. The highest BCUT2D eigenvalue weighted by Gasteiger charge is 2.13. The molecule has 0 atom stereocenters. The number of aromatic nitrogens is 3. The number of hydrogen-bond acceptors (Lipinski definition) is 5. The van der Waals surface area contributed by atoms with Gasteiger partial charge in [-0.25, -0.2) is 4.68 Å². The van der Waals surface area contributed by atoms with Crippen molar-refractivity contribution in [1.29, 1.82) is 0 Å². The molecule has 0 radical (unpaired) electrons. The number of carbonyl (C=O) groups is 1. The summed E-state index contributed by atoms with van der Waals surface area (Å²) in [4.78, 5) is 14.4. The van der Waals surface area contributed by atoms with E-state index in [1.54, 1.807) is 11.1 Å². The minimum Gasteiger partial charge on any atom is -0.489 e.